The number of ether oxygens (including phenoxy) is 2. The van der Waals surface area contributed by atoms with E-state index in [1.54, 1.807) is 0 Å². The van der Waals surface area contributed by atoms with Crippen LogP contribution in [-0.2, 0) is 9.53 Å². The number of hydrogen-bond acceptors (Lipinski definition) is 3. The normalized spacial score (nSPS) is 11.5. The predicted molar refractivity (Wildman–Crippen MR) is 57.4 cm³/mol. The number of rotatable bonds is 5. The number of hydrogen-bond donors (Lipinski definition) is 0. The molecular weight excluding hydrogens is 313 g/mol. The van der Waals surface area contributed by atoms with E-state index in [2.05, 4.69) is 9.47 Å². The molecule has 0 heterocycles. The third kappa shape index (κ3) is 5.68. The van der Waals surface area contributed by atoms with Crippen molar-refractivity contribution in [3.8, 4) is 5.75 Å². The zero-order valence-electron chi connectivity index (χ0n) is 10.7. The zero-order valence-corrected chi connectivity index (χ0v) is 13.8. The van der Waals surface area contributed by atoms with E-state index in [9.17, 15) is 26.5 Å². The minimum absolute atomic E-state index is 0. The molecular formula is C10H9BF5KO3. The van der Waals surface area contributed by atoms with E-state index in [1.807, 2.05) is 0 Å². The fourth-order valence-corrected chi connectivity index (χ4v) is 1.16. The van der Waals surface area contributed by atoms with E-state index in [4.69, 9.17) is 0 Å². The summed E-state index contributed by atoms with van der Waals surface area (Å²) in [5.74, 6) is -2.47. The van der Waals surface area contributed by atoms with Crippen molar-refractivity contribution in [2.45, 2.75) is 13.0 Å². The van der Waals surface area contributed by atoms with Gasteiger partial charge >= 0.3 is 70.4 Å². The van der Waals surface area contributed by atoms with Crippen LogP contribution >= 0.6 is 0 Å². The molecule has 0 saturated heterocycles. The van der Waals surface area contributed by atoms with Crippen LogP contribution in [0.15, 0.2) is 24.3 Å². The number of halogens is 5. The summed E-state index contributed by atoms with van der Waals surface area (Å²) < 4.78 is 71.2. The first-order valence-corrected chi connectivity index (χ1v) is 5.20. The van der Waals surface area contributed by atoms with Crippen LogP contribution in [0.4, 0.5) is 21.7 Å². The van der Waals surface area contributed by atoms with Crippen LogP contribution in [0.25, 0.3) is 0 Å². The van der Waals surface area contributed by atoms with Crippen molar-refractivity contribution in [2.24, 2.45) is 0 Å². The molecule has 20 heavy (non-hydrogen) atoms. The smallest absolute Gasteiger partial charge is 0.459 e. The van der Waals surface area contributed by atoms with Crippen molar-refractivity contribution < 1.29 is 87.4 Å². The molecule has 0 saturated carbocycles. The molecule has 10 heteroatoms. The first-order chi connectivity index (χ1) is 8.66. The Balaban J connectivity index is 0.00000361. The van der Waals surface area contributed by atoms with Crippen LogP contribution in [0.2, 0.25) is 0 Å². The van der Waals surface area contributed by atoms with Gasteiger partial charge in [-0.1, -0.05) is 12.1 Å². The third-order valence-corrected chi connectivity index (χ3v) is 2.02. The quantitative estimate of drug-likeness (QED) is 0.408. The summed E-state index contributed by atoms with van der Waals surface area (Å²) in [5.41, 5.74) is -0.952. The molecule has 0 unspecified atom stereocenters. The minimum atomic E-state index is -5.21. The van der Waals surface area contributed by atoms with Gasteiger partial charge in [-0.25, -0.2) is 4.79 Å². The first kappa shape index (κ1) is 19.8. The van der Waals surface area contributed by atoms with E-state index < -0.39 is 30.3 Å². The van der Waals surface area contributed by atoms with Gasteiger partial charge in [0.25, 0.3) is 0 Å². The molecule has 0 amide bonds. The summed E-state index contributed by atoms with van der Waals surface area (Å²) in [6.07, 6.45) is -4.25. The van der Waals surface area contributed by atoms with Gasteiger partial charge in [0.05, 0.1) is 6.61 Å². The summed E-state index contributed by atoms with van der Waals surface area (Å²) in [4.78, 5) is 10.8. The van der Waals surface area contributed by atoms with Crippen molar-refractivity contribution in [1.29, 1.82) is 0 Å². The van der Waals surface area contributed by atoms with Gasteiger partial charge in [0.1, 0.15) is 5.75 Å². The molecule has 0 fully saturated rings. The number of alkyl halides is 2. The van der Waals surface area contributed by atoms with E-state index in [0.717, 1.165) is 0 Å². The molecule has 0 radical (unpaired) electrons. The van der Waals surface area contributed by atoms with Gasteiger partial charge in [-0.05, 0) is 19.1 Å². The van der Waals surface area contributed by atoms with Gasteiger partial charge in [-0.3, -0.25) is 0 Å². The van der Waals surface area contributed by atoms with Crippen molar-refractivity contribution in [2.75, 3.05) is 6.61 Å². The molecule has 106 valence electrons. The van der Waals surface area contributed by atoms with Crippen LogP contribution in [0, 0.1) is 0 Å². The van der Waals surface area contributed by atoms with E-state index in [0.29, 0.717) is 24.3 Å². The van der Waals surface area contributed by atoms with Gasteiger partial charge in [-0.2, -0.15) is 8.78 Å². The Morgan fingerprint density at radius 1 is 1.20 bits per heavy atom. The van der Waals surface area contributed by atoms with E-state index in [1.165, 1.54) is 6.92 Å². The molecule has 1 rings (SSSR count). The summed E-state index contributed by atoms with van der Waals surface area (Å²) in [7, 11) is 0. The molecule has 0 spiro atoms. The summed E-state index contributed by atoms with van der Waals surface area (Å²) in [6.45, 7) is -4.16. The maximum absolute atomic E-state index is 13.1. The Kier molecular flexibility index (Phi) is 7.68. The molecule has 1 aromatic carbocycles. The van der Waals surface area contributed by atoms with Gasteiger partial charge in [-0.15, -0.1) is 5.46 Å². The summed E-state index contributed by atoms with van der Waals surface area (Å²) in [6, 6.07) is 2.60. The third-order valence-electron chi connectivity index (χ3n) is 2.02. The zero-order chi connectivity index (χ0) is 14.7. The second-order valence-corrected chi connectivity index (χ2v) is 3.48. The molecule has 0 atom stereocenters. The number of benzene rings is 1. The van der Waals surface area contributed by atoms with E-state index >= 15 is 0 Å². The molecule has 0 aliphatic carbocycles. The van der Waals surface area contributed by atoms with Crippen molar-refractivity contribution in [1.82, 2.24) is 0 Å². The summed E-state index contributed by atoms with van der Waals surface area (Å²) >= 11 is 0. The van der Waals surface area contributed by atoms with Crippen LogP contribution in [0.1, 0.15) is 6.92 Å². The van der Waals surface area contributed by atoms with Crippen molar-refractivity contribution >= 4 is 18.4 Å². The van der Waals surface area contributed by atoms with Crippen LogP contribution in [0.5, 0.6) is 5.75 Å². The van der Waals surface area contributed by atoms with Crippen LogP contribution in [0.3, 0.4) is 0 Å². The van der Waals surface area contributed by atoms with Gasteiger partial charge in [0, 0.05) is 0 Å². The number of esters is 1. The Morgan fingerprint density at radius 3 is 2.10 bits per heavy atom. The molecule has 0 aliphatic rings. The second kappa shape index (κ2) is 7.74. The second-order valence-electron chi connectivity index (χ2n) is 3.48. The maximum Gasteiger partial charge on any atom is 1.00 e. The molecule has 0 aliphatic heterocycles. The van der Waals surface area contributed by atoms with Crippen LogP contribution < -0.4 is 61.6 Å². The minimum Gasteiger partial charge on any atom is -0.459 e. The number of carbonyl (C=O) groups excluding carboxylic acids is 1. The standard InChI is InChI=1S/C10H9BF5O3.K/c1-2-18-9(17)10(12,13)19-8-5-3-7(4-6-8)11(14,15)16;/h3-6H,2H2,1H3;/q-1;+1. The average Bonchev–Trinajstić information content (AvgIpc) is 2.28. The predicted octanol–water partition coefficient (Wildman–Crippen LogP) is -0.720. The Bertz CT molecular complexity index is 449. The number of carbonyl (C=O) groups is 1. The van der Waals surface area contributed by atoms with Crippen LogP contribution in [-0.4, -0.2) is 25.7 Å². The molecule has 0 aromatic heterocycles. The van der Waals surface area contributed by atoms with Gasteiger partial charge in [0.15, 0.2) is 0 Å². The average molecular weight is 322 g/mol. The SMILES string of the molecule is CCOC(=O)C(F)(F)Oc1ccc([B-](F)(F)F)cc1.[K+]. The monoisotopic (exact) mass is 322 g/mol. The first-order valence-electron chi connectivity index (χ1n) is 5.20. The Morgan fingerprint density at radius 2 is 1.70 bits per heavy atom. The van der Waals surface area contributed by atoms with Crippen molar-refractivity contribution in [3.63, 3.8) is 0 Å². The molecule has 1 aromatic rings. The summed E-state index contributed by atoms with van der Waals surface area (Å²) in [5, 5.41) is 0. The van der Waals surface area contributed by atoms with E-state index in [-0.39, 0.29) is 58.0 Å². The maximum atomic E-state index is 13.1. The van der Waals surface area contributed by atoms with Gasteiger partial charge < -0.3 is 22.4 Å². The van der Waals surface area contributed by atoms with Crippen molar-refractivity contribution in [3.05, 3.63) is 24.3 Å². The largest absolute Gasteiger partial charge is 1.00 e. The topological polar surface area (TPSA) is 35.5 Å². The fraction of sp³-hybridized carbons (Fsp3) is 0.300. The fourth-order valence-electron chi connectivity index (χ4n) is 1.16. The Hall–Kier alpha value is -0.159. The molecule has 0 bridgehead atoms. The molecule has 0 N–H and O–H groups in total. The van der Waals surface area contributed by atoms with Gasteiger partial charge in [0.2, 0.25) is 0 Å². The molecule has 3 nitrogen and oxygen atoms in total. The Labute approximate surface area is 154 Å².